The van der Waals surface area contributed by atoms with Crippen molar-refractivity contribution in [3.05, 3.63) is 29.8 Å². The normalized spacial score (nSPS) is 16.8. The minimum Gasteiger partial charge on any atom is -0.389 e. The average molecular weight is 318 g/mol. The second-order valence-electron chi connectivity index (χ2n) is 6.98. The molecule has 0 heterocycles. The molecule has 1 aromatic rings. The van der Waals surface area contributed by atoms with Crippen molar-refractivity contribution in [2.75, 3.05) is 25.5 Å². The number of aryl methyl sites for hydroxylation is 1. The highest BCUT2D eigenvalue weighted by Gasteiger charge is 2.31. The summed E-state index contributed by atoms with van der Waals surface area (Å²) in [5.74, 6) is -0.0163. The van der Waals surface area contributed by atoms with Crippen LogP contribution in [0.15, 0.2) is 24.3 Å². The number of hydrogen-bond donors (Lipinski definition) is 2. The largest absolute Gasteiger partial charge is 0.389 e. The van der Waals surface area contributed by atoms with E-state index in [1.54, 1.807) is 0 Å². The van der Waals surface area contributed by atoms with Crippen molar-refractivity contribution >= 4 is 11.6 Å². The Morgan fingerprint density at radius 1 is 1.17 bits per heavy atom. The van der Waals surface area contributed by atoms with Crippen LogP contribution in [-0.4, -0.2) is 37.3 Å². The lowest BCUT2D eigenvalue weighted by atomic mass is 9.82. The van der Waals surface area contributed by atoms with E-state index < -0.39 is 5.60 Å². The van der Waals surface area contributed by atoms with Gasteiger partial charge in [-0.3, -0.25) is 4.79 Å². The lowest BCUT2D eigenvalue weighted by Gasteiger charge is -2.31. The van der Waals surface area contributed by atoms with E-state index in [1.807, 2.05) is 14.1 Å². The summed E-state index contributed by atoms with van der Waals surface area (Å²) in [6.07, 6.45) is 6.90. The Morgan fingerprint density at radius 2 is 1.83 bits per heavy atom. The lowest BCUT2D eigenvalue weighted by molar-refractivity contribution is -0.127. The first kappa shape index (κ1) is 17.8. The van der Waals surface area contributed by atoms with Crippen molar-refractivity contribution in [1.82, 2.24) is 5.32 Å². The maximum Gasteiger partial charge on any atom is 0.222 e. The van der Waals surface area contributed by atoms with Crippen LogP contribution in [0.5, 0.6) is 0 Å². The predicted octanol–water partition coefficient (Wildman–Crippen LogP) is 2.89. The minimum absolute atomic E-state index is 0.0163. The van der Waals surface area contributed by atoms with Gasteiger partial charge in [0.15, 0.2) is 0 Å². The van der Waals surface area contributed by atoms with Crippen LogP contribution >= 0.6 is 0 Å². The molecule has 1 aromatic carbocycles. The van der Waals surface area contributed by atoms with Crippen LogP contribution in [0.2, 0.25) is 0 Å². The maximum absolute atomic E-state index is 12.0. The summed E-state index contributed by atoms with van der Waals surface area (Å²) in [5, 5.41) is 13.3. The fourth-order valence-electron chi connectivity index (χ4n) is 3.23. The molecule has 4 heteroatoms. The van der Waals surface area contributed by atoms with E-state index in [0.717, 1.165) is 38.5 Å². The number of benzene rings is 1. The SMILES string of the molecule is CN(C)c1ccc(CCCNC(=O)CC2(O)CCCCC2)cc1. The van der Waals surface area contributed by atoms with Gasteiger partial charge in [-0.1, -0.05) is 31.4 Å². The molecule has 2 N–H and O–H groups in total. The van der Waals surface area contributed by atoms with Crippen molar-refractivity contribution in [2.45, 2.75) is 57.0 Å². The summed E-state index contributed by atoms with van der Waals surface area (Å²) in [6.45, 7) is 0.671. The number of anilines is 1. The van der Waals surface area contributed by atoms with E-state index in [4.69, 9.17) is 0 Å². The molecule has 0 atom stereocenters. The standard InChI is InChI=1S/C19H30N2O2/c1-21(2)17-10-8-16(9-11-17)7-6-14-20-18(22)15-19(23)12-4-3-5-13-19/h8-11,23H,3-7,12-15H2,1-2H3,(H,20,22). The number of nitrogens with one attached hydrogen (secondary N) is 1. The molecule has 0 radical (unpaired) electrons. The average Bonchev–Trinajstić information content (AvgIpc) is 2.52. The van der Waals surface area contributed by atoms with Gasteiger partial charge in [0.1, 0.15) is 0 Å². The molecule has 1 fully saturated rings. The second-order valence-corrected chi connectivity index (χ2v) is 6.98. The van der Waals surface area contributed by atoms with E-state index in [0.29, 0.717) is 6.54 Å². The molecule has 1 aliphatic carbocycles. The zero-order chi connectivity index (χ0) is 16.7. The summed E-state index contributed by atoms with van der Waals surface area (Å²) in [5.41, 5.74) is 1.73. The van der Waals surface area contributed by atoms with Gasteiger partial charge in [-0.15, -0.1) is 0 Å². The number of amides is 1. The highest BCUT2D eigenvalue weighted by atomic mass is 16.3. The summed E-state index contributed by atoms with van der Waals surface area (Å²) in [7, 11) is 4.07. The molecule has 2 rings (SSSR count). The van der Waals surface area contributed by atoms with Crippen LogP contribution in [0.3, 0.4) is 0 Å². The van der Waals surface area contributed by atoms with Gasteiger partial charge in [0.2, 0.25) is 5.91 Å². The van der Waals surface area contributed by atoms with E-state index >= 15 is 0 Å². The van der Waals surface area contributed by atoms with Gasteiger partial charge < -0.3 is 15.3 Å². The van der Waals surface area contributed by atoms with E-state index in [1.165, 1.54) is 17.7 Å². The van der Waals surface area contributed by atoms with E-state index in [2.05, 4.69) is 34.5 Å². The minimum atomic E-state index is -0.760. The third-order valence-corrected chi connectivity index (χ3v) is 4.69. The third kappa shape index (κ3) is 5.87. The van der Waals surface area contributed by atoms with Gasteiger partial charge in [-0.05, 0) is 43.4 Å². The molecular weight excluding hydrogens is 288 g/mol. The molecule has 0 aliphatic heterocycles. The monoisotopic (exact) mass is 318 g/mol. The first-order chi connectivity index (χ1) is 11.0. The molecular formula is C19H30N2O2. The molecule has 0 spiro atoms. The molecule has 4 nitrogen and oxygen atoms in total. The molecule has 1 aliphatic rings. The number of rotatable bonds is 7. The number of aliphatic hydroxyl groups is 1. The Hall–Kier alpha value is -1.55. The van der Waals surface area contributed by atoms with Crippen molar-refractivity contribution < 1.29 is 9.90 Å². The number of carbonyl (C=O) groups excluding carboxylic acids is 1. The summed E-state index contributed by atoms with van der Waals surface area (Å²) in [6, 6.07) is 8.52. The van der Waals surface area contributed by atoms with Crippen LogP contribution in [0.4, 0.5) is 5.69 Å². The van der Waals surface area contributed by atoms with Gasteiger partial charge in [0.05, 0.1) is 12.0 Å². The van der Waals surface area contributed by atoms with Gasteiger partial charge in [0, 0.05) is 26.3 Å². The smallest absolute Gasteiger partial charge is 0.222 e. The highest BCUT2D eigenvalue weighted by Crippen LogP contribution is 2.30. The molecule has 0 aromatic heterocycles. The number of carbonyl (C=O) groups is 1. The van der Waals surface area contributed by atoms with E-state index in [9.17, 15) is 9.90 Å². The summed E-state index contributed by atoms with van der Waals surface area (Å²) < 4.78 is 0. The Kier molecular flexibility index (Phi) is 6.46. The Bertz CT molecular complexity index is 491. The van der Waals surface area contributed by atoms with Crippen molar-refractivity contribution in [1.29, 1.82) is 0 Å². The first-order valence-corrected chi connectivity index (χ1v) is 8.74. The van der Waals surface area contributed by atoms with Gasteiger partial charge in [-0.2, -0.15) is 0 Å². The fraction of sp³-hybridized carbons (Fsp3) is 0.632. The summed E-state index contributed by atoms with van der Waals surface area (Å²) in [4.78, 5) is 14.1. The first-order valence-electron chi connectivity index (χ1n) is 8.74. The fourth-order valence-corrected chi connectivity index (χ4v) is 3.23. The molecule has 23 heavy (non-hydrogen) atoms. The molecule has 1 saturated carbocycles. The molecule has 1 amide bonds. The predicted molar refractivity (Wildman–Crippen MR) is 94.8 cm³/mol. The van der Waals surface area contributed by atoms with Gasteiger partial charge >= 0.3 is 0 Å². The topological polar surface area (TPSA) is 52.6 Å². The van der Waals surface area contributed by atoms with Gasteiger partial charge in [-0.25, -0.2) is 0 Å². The van der Waals surface area contributed by atoms with Gasteiger partial charge in [0.25, 0.3) is 0 Å². The third-order valence-electron chi connectivity index (χ3n) is 4.69. The van der Waals surface area contributed by atoms with Crippen LogP contribution < -0.4 is 10.2 Å². The molecule has 0 unspecified atom stereocenters. The number of nitrogens with zero attached hydrogens (tertiary/aromatic N) is 1. The lowest BCUT2D eigenvalue weighted by Crippen LogP contribution is -2.38. The van der Waals surface area contributed by atoms with Crippen LogP contribution in [0.1, 0.15) is 50.5 Å². The van der Waals surface area contributed by atoms with Crippen molar-refractivity contribution in [3.63, 3.8) is 0 Å². The van der Waals surface area contributed by atoms with E-state index in [-0.39, 0.29) is 12.3 Å². The summed E-state index contributed by atoms with van der Waals surface area (Å²) >= 11 is 0. The van der Waals surface area contributed by atoms with Crippen LogP contribution in [0.25, 0.3) is 0 Å². The molecule has 0 bridgehead atoms. The molecule has 128 valence electrons. The Morgan fingerprint density at radius 3 is 2.43 bits per heavy atom. The zero-order valence-electron chi connectivity index (χ0n) is 14.5. The highest BCUT2D eigenvalue weighted by molar-refractivity contribution is 5.77. The number of hydrogen-bond acceptors (Lipinski definition) is 3. The Balaban J connectivity index is 1.65. The zero-order valence-corrected chi connectivity index (χ0v) is 14.5. The molecule has 0 saturated heterocycles. The van der Waals surface area contributed by atoms with Crippen LogP contribution in [0, 0.1) is 0 Å². The maximum atomic E-state index is 12.0. The van der Waals surface area contributed by atoms with Crippen molar-refractivity contribution in [3.8, 4) is 0 Å². The van der Waals surface area contributed by atoms with Crippen LogP contribution in [-0.2, 0) is 11.2 Å². The Labute approximate surface area is 139 Å². The quantitative estimate of drug-likeness (QED) is 0.760. The second kappa shape index (κ2) is 8.34. The van der Waals surface area contributed by atoms with Crippen molar-refractivity contribution in [2.24, 2.45) is 0 Å².